The van der Waals surface area contributed by atoms with Crippen LogP contribution in [0, 0.1) is 20.8 Å². The number of rotatable bonds is 3. The Balaban J connectivity index is 2.49. The second kappa shape index (κ2) is 4.64. The van der Waals surface area contributed by atoms with Crippen molar-refractivity contribution in [3.8, 4) is 11.6 Å². The fraction of sp³-hybridized carbons (Fsp3) is 0.286. The van der Waals surface area contributed by atoms with E-state index in [9.17, 15) is 4.79 Å². The molecule has 0 bridgehead atoms. The van der Waals surface area contributed by atoms with Crippen molar-refractivity contribution in [1.29, 1.82) is 0 Å². The normalized spacial score (nSPS) is 10.4. The highest BCUT2D eigenvalue weighted by Gasteiger charge is 2.16. The fourth-order valence-corrected chi connectivity index (χ4v) is 1.97. The first kappa shape index (κ1) is 12.4. The summed E-state index contributed by atoms with van der Waals surface area (Å²) in [5, 5.41) is 4.20. The molecule has 2 rings (SSSR count). The van der Waals surface area contributed by atoms with Crippen LogP contribution in [0.1, 0.15) is 27.2 Å². The Kier molecular flexibility index (Phi) is 3.19. The first-order valence-corrected chi connectivity index (χ1v) is 5.77. The van der Waals surface area contributed by atoms with Gasteiger partial charge in [0.05, 0.1) is 11.3 Å². The number of aromatic nitrogens is 2. The van der Waals surface area contributed by atoms with Crippen molar-refractivity contribution in [1.82, 2.24) is 9.78 Å². The zero-order valence-corrected chi connectivity index (χ0v) is 11.0. The molecule has 1 aromatic carbocycles. The zero-order chi connectivity index (χ0) is 13.3. The van der Waals surface area contributed by atoms with E-state index in [2.05, 4.69) is 5.10 Å². The molecule has 0 spiro atoms. The number of aldehydes is 1. The van der Waals surface area contributed by atoms with Gasteiger partial charge in [0.1, 0.15) is 5.75 Å². The maximum absolute atomic E-state index is 11.1. The number of benzene rings is 1. The molecule has 1 heterocycles. The predicted molar refractivity (Wildman–Crippen MR) is 69.3 cm³/mol. The molecule has 0 fully saturated rings. The lowest BCUT2D eigenvalue weighted by atomic mass is 10.1. The number of carbonyl (C=O) groups excluding carboxylic acids is 1. The van der Waals surface area contributed by atoms with Crippen LogP contribution in [0.3, 0.4) is 0 Å². The Morgan fingerprint density at radius 1 is 1.22 bits per heavy atom. The Labute approximate surface area is 106 Å². The minimum absolute atomic E-state index is 0.486. The molecule has 18 heavy (non-hydrogen) atoms. The summed E-state index contributed by atoms with van der Waals surface area (Å²) in [5.41, 5.74) is 3.24. The van der Waals surface area contributed by atoms with E-state index in [1.807, 2.05) is 32.0 Å². The first-order valence-electron chi connectivity index (χ1n) is 5.77. The third kappa shape index (κ3) is 2.01. The van der Waals surface area contributed by atoms with Crippen LogP contribution in [0.2, 0.25) is 0 Å². The standard InChI is InChI=1S/C14H16N2O2/c1-9-6-5-7-10(2)13(9)18-14-12(8-17)11(3)15-16(14)4/h5-8H,1-4H3. The van der Waals surface area contributed by atoms with E-state index in [0.717, 1.165) is 23.2 Å². The van der Waals surface area contributed by atoms with E-state index in [-0.39, 0.29) is 0 Å². The summed E-state index contributed by atoms with van der Waals surface area (Å²) in [6.45, 7) is 5.75. The van der Waals surface area contributed by atoms with Crippen LogP contribution in [-0.2, 0) is 7.05 Å². The number of nitrogens with zero attached hydrogens (tertiary/aromatic N) is 2. The average molecular weight is 244 g/mol. The van der Waals surface area contributed by atoms with Gasteiger partial charge < -0.3 is 4.74 Å². The molecule has 4 nitrogen and oxygen atoms in total. The quantitative estimate of drug-likeness (QED) is 0.780. The molecule has 0 amide bonds. The van der Waals surface area contributed by atoms with Crippen LogP contribution >= 0.6 is 0 Å². The Hall–Kier alpha value is -2.10. The van der Waals surface area contributed by atoms with Gasteiger partial charge in [0.15, 0.2) is 6.29 Å². The lowest BCUT2D eigenvalue weighted by Gasteiger charge is -2.11. The van der Waals surface area contributed by atoms with Gasteiger partial charge in [-0.3, -0.25) is 4.79 Å². The van der Waals surface area contributed by atoms with E-state index in [1.54, 1.807) is 18.7 Å². The highest BCUT2D eigenvalue weighted by atomic mass is 16.5. The van der Waals surface area contributed by atoms with Crippen molar-refractivity contribution in [2.75, 3.05) is 0 Å². The molecule has 0 N–H and O–H groups in total. The molecule has 0 aliphatic heterocycles. The van der Waals surface area contributed by atoms with Gasteiger partial charge in [0.25, 0.3) is 0 Å². The van der Waals surface area contributed by atoms with Crippen molar-refractivity contribution in [3.63, 3.8) is 0 Å². The summed E-state index contributed by atoms with van der Waals surface area (Å²) in [6, 6.07) is 5.94. The molecule has 0 aliphatic carbocycles. The molecule has 2 aromatic rings. The molecule has 0 unspecified atom stereocenters. The van der Waals surface area contributed by atoms with E-state index in [4.69, 9.17) is 4.74 Å². The maximum Gasteiger partial charge on any atom is 0.228 e. The largest absolute Gasteiger partial charge is 0.438 e. The molecule has 1 aromatic heterocycles. The molecular formula is C14H16N2O2. The molecular weight excluding hydrogens is 228 g/mol. The van der Waals surface area contributed by atoms with Gasteiger partial charge in [-0.05, 0) is 31.9 Å². The lowest BCUT2D eigenvalue weighted by molar-refractivity contribution is 0.112. The predicted octanol–water partition coefficient (Wildman–Crippen LogP) is 2.95. The Bertz CT molecular complexity index is 580. The van der Waals surface area contributed by atoms with Crippen molar-refractivity contribution in [2.24, 2.45) is 7.05 Å². The van der Waals surface area contributed by atoms with Gasteiger partial charge in [-0.2, -0.15) is 5.10 Å². The number of aryl methyl sites for hydroxylation is 4. The van der Waals surface area contributed by atoms with Gasteiger partial charge in [-0.1, -0.05) is 18.2 Å². The number of ether oxygens (including phenoxy) is 1. The topological polar surface area (TPSA) is 44.1 Å². The van der Waals surface area contributed by atoms with E-state index >= 15 is 0 Å². The van der Waals surface area contributed by atoms with Crippen molar-refractivity contribution in [3.05, 3.63) is 40.6 Å². The first-order chi connectivity index (χ1) is 8.54. The summed E-state index contributed by atoms with van der Waals surface area (Å²) in [5.74, 6) is 1.27. The highest BCUT2D eigenvalue weighted by molar-refractivity contribution is 5.80. The van der Waals surface area contributed by atoms with Gasteiger partial charge in [0.2, 0.25) is 5.88 Å². The molecule has 0 atom stereocenters. The number of carbonyl (C=O) groups is 1. The summed E-state index contributed by atoms with van der Waals surface area (Å²) < 4.78 is 7.47. The third-order valence-electron chi connectivity index (χ3n) is 2.94. The molecule has 0 saturated carbocycles. The molecule has 0 aliphatic rings. The van der Waals surface area contributed by atoms with Crippen LogP contribution < -0.4 is 4.74 Å². The Morgan fingerprint density at radius 2 is 1.83 bits per heavy atom. The fourth-order valence-electron chi connectivity index (χ4n) is 1.97. The van der Waals surface area contributed by atoms with Gasteiger partial charge in [-0.25, -0.2) is 4.68 Å². The van der Waals surface area contributed by atoms with Crippen LogP contribution in [0.15, 0.2) is 18.2 Å². The smallest absolute Gasteiger partial charge is 0.228 e. The van der Waals surface area contributed by atoms with Gasteiger partial charge >= 0.3 is 0 Å². The SMILES string of the molecule is Cc1cccc(C)c1Oc1c(C=O)c(C)nn1C. The number of hydrogen-bond acceptors (Lipinski definition) is 3. The maximum atomic E-state index is 11.1. The molecule has 0 saturated heterocycles. The summed E-state index contributed by atoms with van der Waals surface area (Å²) in [7, 11) is 1.77. The second-order valence-electron chi connectivity index (χ2n) is 4.37. The van der Waals surface area contributed by atoms with E-state index in [0.29, 0.717) is 17.1 Å². The number of hydrogen-bond donors (Lipinski definition) is 0. The number of para-hydroxylation sites is 1. The second-order valence-corrected chi connectivity index (χ2v) is 4.37. The Morgan fingerprint density at radius 3 is 2.39 bits per heavy atom. The van der Waals surface area contributed by atoms with Gasteiger partial charge in [-0.15, -0.1) is 0 Å². The van der Waals surface area contributed by atoms with Crippen LogP contribution in [0.4, 0.5) is 0 Å². The zero-order valence-electron chi connectivity index (χ0n) is 11.0. The summed E-state index contributed by atoms with van der Waals surface area (Å²) in [4.78, 5) is 11.1. The lowest BCUT2D eigenvalue weighted by Crippen LogP contribution is -1.99. The van der Waals surface area contributed by atoms with Crippen LogP contribution in [0.5, 0.6) is 11.6 Å². The van der Waals surface area contributed by atoms with Crippen molar-refractivity contribution >= 4 is 6.29 Å². The van der Waals surface area contributed by atoms with Crippen molar-refractivity contribution in [2.45, 2.75) is 20.8 Å². The molecule has 0 radical (unpaired) electrons. The average Bonchev–Trinajstić information content (AvgIpc) is 2.58. The third-order valence-corrected chi connectivity index (χ3v) is 2.94. The minimum Gasteiger partial charge on any atom is -0.438 e. The van der Waals surface area contributed by atoms with Crippen molar-refractivity contribution < 1.29 is 9.53 Å². The summed E-state index contributed by atoms with van der Waals surface area (Å²) in [6.07, 6.45) is 0.783. The minimum atomic E-state index is 0.486. The summed E-state index contributed by atoms with van der Waals surface area (Å²) >= 11 is 0. The van der Waals surface area contributed by atoms with Crippen LogP contribution in [0.25, 0.3) is 0 Å². The highest BCUT2D eigenvalue weighted by Crippen LogP contribution is 2.30. The molecule has 94 valence electrons. The van der Waals surface area contributed by atoms with Gasteiger partial charge in [0, 0.05) is 7.05 Å². The van der Waals surface area contributed by atoms with E-state index < -0.39 is 0 Å². The monoisotopic (exact) mass is 244 g/mol. The molecule has 4 heteroatoms. The van der Waals surface area contributed by atoms with E-state index in [1.165, 1.54) is 0 Å². The van der Waals surface area contributed by atoms with Crippen LogP contribution in [-0.4, -0.2) is 16.1 Å².